The molecule has 6 rings (SSSR count). The van der Waals surface area contributed by atoms with Crippen LogP contribution in [0, 0.1) is 6.92 Å². The molecule has 0 unspecified atom stereocenters. The molecule has 4 aromatic rings. The predicted molar refractivity (Wildman–Crippen MR) is 181 cm³/mol. The number of aromatic nitrogens is 5. The summed E-state index contributed by atoms with van der Waals surface area (Å²) in [7, 11) is -4.24. The van der Waals surface area contributed by atoms with Crippen LogP contribution in [0.25, 0.3) is 5.78 Å². The first-order chi connectivity index (χ1) is 24.7. The molecule has 5 heterocycles. The van der Waals surface area contributed by atoms with E-state index in [4.69, 9.17) is 15.8 Å². The first kappa shape index (κ1) is 36.3. The van der Waals surface area contributed by atoms with Crippen LogP contribution >= 0.6 is 34.9 Å². The zero-order valence-electron chi connectivity index (χ0n) is 26.2. The van der Waals surface area contributed by atoms with Crippen LogP contribution in [0.2, 0.25) is 0 Å². The highest BCUT2D eigenvalue weighted by Gasteiger charge is 2.54. The number of carboxylic acids is 1. The number of sulfone groups is 1. The number of rotatable bonds is 12. The molecule has 52 heavy (non-hydrogen) atoms. The van der Waals surface area contributed by atoms with Crippen molar-refractivity contribution in [2.45, 2.75) is 28.3 Å². The Balaban J connectivity index is 1.18. The zero-order chi connectivity index (χ0) is 37.5. The van der Waals surface area contributed by atoms with Crippen LogP contribution in [0.3, 0.4) is 0 Å². The summed E-state index contributed by atoms with van der Waals surface area (Å²) in [5, 5.41) is 49.4. The van der Waals surface area contributed by atoms with E-state index in [1.807, 2.05) is 0 Å². The van der Waals surface area contributed by atoms with Crippen molar-refractivity contribution >= 4 is 85.0 Å². The van der Waals surface area contributed by atoms with E-state index in [-0.39, 0.29) is 39.6 Å². The Morgan fingerprint density at radius 2 is 1.94 bits per heavy atom. The molecule has 8 N–H and O–H groups in total. The summed E-state index contributed by atoms with van der Waals surface area (Å²) in [6, 6.07) is 3.23. The molecule has 2 aliphatic heterocycles. The summed E-state index contributed by atoms with van der Waals surface area (Å²) in [5.74, 6) is -6.44. The number of nitrogens with one attached hydrogen (secondary N) is 2. The summed E-state index contributed by atoms with van der Waals surface area (Å²) < 4.78 is 26.7. The Morgan fingerprint density at radius 1 is 1.17 bits per heavy atom. The van der Waals surface area contributed by atoms with Crippen molar-refractivity contribution in [3.05, 3.63) is 58.1 Å². The van der Waals surface area contributed by atoms with Gasteiger partial charge in [-0.1, -0.05) is 5.16 Å². The van der Waals surface area contributed by atoms with E-state index < -0.39 is 73.0 Å². The van der Waals surface area contributed by atoms with Gasteiger partial charge in [0.15, 0.2) is 22.3 Å². The fourth-order valence-electron chi connectivity index (χ4n) is 4.89. The van der Waals surface area contributed by atoms with Crippen LogP contribution in [-0.4, -0.2) is 117 Å². The molecule has 3 amide bonds. The lowest BCUT2D eigenvalue weighted by Gasteiger charge is -2.49. The third-order valence-corrected chi connectivity index (χ3v) is 11.8. The number of oxime groups is 1. The van der Waals surface area contributed by atoms with Crippen LogP contribution < -0.4 is 16.5 Å². The second kappa shape index (κ2) is 14.3. The smallest absolute Gasteiger partial charge is 0.352 e. The zero-order valence-corrected chi connectivity index (χ0v) is 29.4. The molecular formula is C27H24N10O11S4. The van der Waals surface area contributed by atoms with Crippen molar-refractivity contribution in [1.29, 1.82) is 0 Å². The maximum atomic E-state index is 13.4. The van der Waals surface area contributed by atoms with E-state index >= 15 is 0 Å². The molecule has 2 atom stereocenters. The molecule has 0 radical (unpaired) electrons. The van der Waals surface area contributed by atoms with Gasteiger partial charge >= 0.3 is 11.9 Å². The van der Waals surface area contributed by atoms with Crippen molar-refractivity contribution in [1.82, 2.24) is 40.3 Å². The van der Waals surface area contributed by atoms with Gasteiger partial charge in [-0.25, -0.2) is 28.7 Å². The minimum Gasteiger partial charge on any atom is -0.504 e. The highest BCUT2D eigenvalue weighted by Crippen LogP contribution is 2.41. The Morgan fingerprint density at radius 3 is 2.62 bits per heavy atom. The van der Waals surface area contributed by atoms with Gasteiger partial charge in [0, 0.05) is 28.6 Å². The molecule has 1 saturated heterocycles. The molecule has 0 spiro atoms. The number of thioether (sulfide) groups is 2. The van der Waals surface area contributed by atoms with E-state index in [9.17, 15) is 42.9 Å². The minimum absolute atomic E-state index is 0.0423. The SMILES string of the molecule is Cc1cc(SCC2=C(C(=O)O)N3C(=O)[C@@H](NC(=O)C(=NOCS(=O)(=O)c4ccc(O)c(O)c4)c4csc(N)n4)[C@H]3SC2)n2nc(C(=O)NO)nc2n1. The number of hydrogen-bond donors (Lipinski definition) is 7. The fourth-order valence-corrected chi connectivity index (χ4v) is 8.87. The number of β-lactam (4-membered cyclic amide) rings is 1. The Bertz CT molecular complexity index is 2330. The van der Waals surface area contributed by atoms with E-state index in [0.29, 0.717) is 16.3 Å². The number of nitrogens with two attached hydrogens (primary N) is 1. The van der Waals surface area contributed by atoms with Crippen molar-refractivity contribution in [2.75, 3.05) is 23.2 Å². The maximum absolute atomic E-state index is 13.4. The van der Waals surface area contributed by atoms with E-state index in [1.165, 1.54) is 27.1 Å². The number of nitrogens with zero attached hydrogens (tertiary/aromatic N) is 7. The number of thiazole rings is 1. The quantitative estimate of drug-likeness (QED) is 0.0184. The topological polar surface area (TPSA) is 314 Å². The molecular weight excluding hydrogens is 769 g/mol. The summed E-state index contributed by atoms with van der Waals surface area (Å²) in [5.41, 5.74) is 7.16. The van der Waals surface area contributed by atoms with Crippen molar-refractivity contribution in [3.8, 4) is 11.5 Å². The van der Waals surface area contributed by atoms with Crippen LogP contribution in [0.1, 0.15) is 22.0 Å². The first-order valence-electron chi connectivity index (χ1n) is 14.4. The summed E-state index contributed by atoms with van der Waals surface area (Å²) >= 11 is 3.28. The number of fused-ring (bicyclic) bond motifs is 2. The molecule has 0 aliphatic carbocycles. The minimum atomic E-state index is -4.24. The van der Waals surface area contributed by atoms with Gasteiger partial charge in [-0.3, -0.25) is 24.5 Å². The largest absolute Gasteiger partial charge is 0.504 e. The number of hydroxylamine groups is 1. The molecule has 25 heteroatoms. The summed E-state index contributed by atoms with van der Waals surface area (Å²) in [6.45, 7) is 1.68. The molecule has 2 aliphatic rings. The monoisotopic (exact) mass is 792 g/mol. The highest BCUT2D eigenvalue weighted by atomic mass is 32.2. The lowest BCUT2D eigenvalue weighted by molar-refractivity contribution is -0.150. The maximum Gasteiger partial charge on any atom is 0.352 e. The third kappa shape index (κ3) is 7.02. The van der Waals surface area contributed by atoms with E-state index in [2.05, 4.69) is 30.5 Å². The molecule has 21 nitrogen and oxygen atoms in total. The fraction of sp³-hybridized carbons (Fsp3) is 0.222. The van der Waals surface area contributed by atoms with Crippen LogP contribution in [0.5, 0.6) is 11.5 Å². The number of benzene rings is 1. The van der Waals surface area contributed by atoms with Gasteiger partial charge in [0.2, 0.25) is 21.6 Å². The van der Waals surface area contributed by atoms with Crippen LogP contribution in [0.15, 0.2) is 56.0 Å². The number of aromatic hydroxyl groups is 2. The Labute approximate surface area is 303 Å². The van der Waals surface area contributed by atoms with Crippen molar-refractivity contribution in [2.24, 2.45) is 5.16 Å². The van der Waals surface area contributed by atoms with Gasteiger partial charge in [0.05, 0.1) is 4.90 Å². The average Bonchev–Trinajstić information content (AvgIpc) is 3.74. The van der Waals surface area contributed by atoms with Gasteiger partial charge in [-0.15, -0.1) is 40.0 Å². The number of aliphatic carboxylic acids is 1. The van der Waals surface area contributed by atoms with Gasteiger partial charge in [-0.2, -0.15) is 9.50 Å². The summed E-state index contributed by atoms with van der Waals surface area (Å²) in [6.07, 6.45) is 0. The Kier molecular flexibility index (Phi) is 9.95. The number of anilines is 1. The van der Waals surface area contributed by atoms with E-state index in [1.54, 1.807) is 13.0 Å². The molecule has 0 saturated carbocycles. The van der Waals surface area contributed by atoms with Gasteiger partial charge in [0.1, 0.15) is 27.8 Å². The van der Waals surface area contributed by atoms with Gasteiger partial charge in [-0.05, 0) is 30.7 Å². The number of phenols is 2. The molecule has 272 valence electrons. The standard InChI is InChI=1S/C27H24N10O11S4/c1-10-4-16(37-27(29-10)32-20(33-37)22(41)34-45)49-6-11-7-50-24-18(23(42)36(24)19(11)25(43)44)31-21(40)17(13-8-51-26(28)30-13)35-48-9-52(46,47)12-2-3-14(38)15(39)5-12/h2-5,8,18,24,38-39,45H,6-7,9H2,1H3,(H2,28,30)(H,31,40)(H,34,41)(H,43,44)/t18-,24-/m1/s1. The lowest BCUT2D eigenvalue weighted by Crippen LogP contribution is -2.71. The first-order valence-corrected chi connectivity index (χ1v) is 18.9. The molecule has 0 bridgehead atoms. The number of hydrogen-bond acceptors (Lipinski definition) is 19. The third-order valence-electron chi connectivity index (χ3n) is 7.29. The highest BCUT2D eigenvalue weighted by molar-refractivity contribution is 8.01. The predicted octanol–water partition coefficient (Wildman–Crippen LogP) is -0.315. The lowest BCUT2D eigenvalue weighted by atomic mass is 10.0. The molecule has 1 fully saturated rings. The summed E-state index contributed by atoms with van der Waals surface area (Å²) in [4.78, 5) is 68.9. The van der Waals surface area contributed by atoms with Gasteiger partial charge in [0.25, 0.3) is 17.6 Å². The number of amides is 3. The average molecular weight is 793 g/mol. The number of phenolic OH excluding ortho intramolecular Hbond substituents is 2. The molecule has 1 aromatic carbocycles. The second-order valence-corrected chi connectivity index (χ2v) is 15.7. The van der Waals surface area contributed by atoms with Crippen molar-refractivity contribution in [3.63, 3.8) is 0 Å². The number of carbonyl (C=O) groups excluding carboxylic acids is 3. The number of carbonyl (C=O) groups is 4. The van der Waals surface area contributed by atoms with E-state index in [0.717, 1.165) is 46.2 Å². The van der Waals surface area contributed by atoms with Gasteiger partial charge < -0.3 is 31.2 Å². The second-order valence-electron chi connectivity index (χ2n) is 10.8. The normalized spacial score (nSPS) is 17.5. The van der Waals surface area contributed by atoms with Crippen molar-refractivity contribution < 1.29 is 53.0 Å². The number of carboxylic acid groups (broad SMARTS) is 1. The Hall–Kier alpha value is -5.50. The molecule has 3 aromatic heterocycles. The number of aryl methyl sites for hydroxylation is 1. The number of nitrogen functional groups attached to an aromatic ring is 1. The van der Waals surface area contributed by atoms with Crippen LogP contribution in [0.4, 0.5) is 5.13 Å². The van der Waals surface area contributed by atoms with Crippen LogP contribution in [-0.2, 0) is 29.1 Å².